The number of aliphatic hydroxyl groups excluding tert-OH is 1. The van der Waals surface area contributed by atoms with E-state index in [0.29, 0.717) is 13.0 Å². The summed E-state index contributed by atoms with van der Waals surface area (Å²) in [5.41, 5.74) is 0.865. The van der Waals surface area contributed by atoms with Crippen LogP contribution < -0.4 is 0 Å². The fourth-order valence-electron chi connectivity index (χ4n) is 1.33. The molecule has 1 heterocycles. The summed E-state index contributed by atoms with van der Waals surface area (Å²) in [6.45, 7) is 0.282. The van der Waals surface area contributed by atoms with Gasteiger partial charge in [-0.05, 0) is 18.5 Å². The Morgan fingerprint density at radius 2 is 2.29 bits per heavy atom. The van der Waals surface area contributed by atoms with Crippen LogP contribution in [0.4, 0.5) is 8.78 Å². The molecule has 0 bridgehead atoms. The molecular weight excluding hydrogens is 244 g/mol. The standard InChI is InChI=1S/C12H15F2NOS/c1-15(9-12(13)14)8-11-10(5-7-17-11)4-2-3-6-16/h5,7,12,16H,3,6,8-9H2,1H3. The molecular formula is C12H15F2NOS. The first-order chi connectivity index (χ1) is 8.13. The second-order valence-electron chi connectivity index (χ2n) is 3.62. The number of thiophene rings is 1. The third-order valence-electron chi connectivity index (χ3n) is 2.07. The number of hydrogen-bond acceptors (Lipinski definition) is 3. The number of hydrogen-bond donors (Lipinski definition) is 1. The van der Waals surface area contributed by atoms with E-state index in [2.05, 4.69) is 11.8 Å². The summed E-state index contributed by atoms with van der Waals surface area (Å²) in [5, 5.41) is 10.5. The monoisotopic (exact) mass is 259 g/mol. The van der Waals surface area contributed by atoms with Gasteiger partial charge in [0.05, 0.1) is 13.2 Å². The summed E-state index contributed by atoms with van der Waals surface area (Å²) >= 11 is 1.51. The quantitative estimate of drug-likeness (QED) is 0.819. The van der Waals surface area contributed by atoms with Crippen molar-refractivity contribution in [2.75, 3.05) is 20.2 Å². The summed E-state index contributed by atoms with van der Waals surface area (Å²) < 4.78 is 24.3. The van der Waals surface area contributed by atoms with Gasteiger partial charge >= 0.3 is 0 Å². The Balaban J connectivity index is 2.60. The molecule has 1 N–H and O–H groups in total. The first kappa shape index (κ1) is 14.1. The average Bonchev–Trinajstić information content (AvgIpc) is 2.65. The third kappa shape index (κ3) is 5.26. The van der Waals surface area contributed by atoms with E-state index < -0.39 is 6.43 Å². The summed E-state index contributed by atoms with van der Waals surface area (Å²) in [4.78, 5) is 2.56. The van der Waals surface area contributed by atoms with Gasteiger partial charge in [0.15, 0.2) is 0 Å². The van der Waals surface area contributed by atoms with Gasteiger partial charge < -0.3 is 5.11 Å². The Kier molecular flexibility index (Phi) is 6.12. The van der Waals surface area contributed by atoms with Crippen LogP contribution in [0.5, 0.6) is 0 Å². The van der Waals surface area contributed by atoms with Crippen molar-refractivity contribution in [3.63, 3.8) is 0 Å². The maximum atomic E-state index is 12.2. The molecule has 0 fully saturated rings. The van der Waals surface area contributed by atoms with Crippen LogP contribution in [0, 0.1) is 11.8 Å². The molecule has 0 saturated carbocycles. The second-order valence-corrected chi connectivity index (χ2v) is 4.62. The van der Waals surface area contributed by atoms with Crippen molar-refractivity contribution in [3.05, 3.63) is 21.9 Å². The molecule has 0 saturated heterocycles. The number of halogens is 2. The van der Waals surface area contributed by atoms with E-state index in [9.17, 15) is 8.78 Å². The fraction of sp³-hybridized carbons (Fsp3) is 0.500. The molecule has 1 aromatic heterocycles. The van der Waals surface area contributed by atoms with Crippen LogP contribution in [0.25, 0.3) is 0 Å². The van der Waals surface area contributed by atoms with Crippen molar-refractivity contribution in [1.29, 1.82) is 0 Å². The number of nitrogens with zero attached hydrogens (tertiary/aromatic N) is 1. The zero-order chi connectivity index (χ0) is 12.7. The van der Waals surface area contributed by atoms with E-state index in [1.54, 1.807) is 11.9 Å². The summed E-state index contributed by atoms with van der Waals surface area (Å²) in [6, 6.07) is 1.88. The lowest BCUT2D eigenvalue weighted by molar-refractivity contribution is 0.0979. The number of aliphatic hydroxyl groups is 1. The minimum atomic E-state index is -2.32. The van der Waals surface area contributed by atoms with E-state index in [1.807, 2.05) is 11.4 Å². The van der Waals surface area contributed by atoms with Crippen molar-refractivity contribution >= 4 is 11.3 Å². The molecule has 0 aliphatic rings. The normalized spacial score (nSPS) is 10.7. The second kappa shape index (κ2) is 7.38. The Morgan fingerprint density at radius 1 is 1.53 bits per heavy atom. The molecule has 0 atom stereocenters. The lowest BCUT2D eigenvalue weighted by atomic mass is 10.2. The highest BCUT2D eigenvalue weighted by atomic mass is 32.1. The minimum absolute atomic E-state index is 0.0394. The van der Waals surface area contributed by atoms with Gasteiger partial charge in [0.1, 0.15) is 0 Å². The highest BCUT2D eigenvalue weighted by molar-refractivity contribution is 7.10. The van der Waals surface area contributed by atoms with Crippen LogP contribution in [0.15, 0.2) is 11.4 Å². The Morgan fingerprint density at radius 3 is 2.94 bits per heavy atom. The molecule has 0 aliphatic carbocycles. The Bertz CT molecular complexity index is 395. The molecule has 0 aliphatic heterocycles. The molecule has 0 radical (unpaired) electrons. The van der Waals surface area contributed by atoms with E-state index in [4.69, 9.17) is 5.11 Å². The molecule has 17 heavy (non-hydrogen) atoms. The summed E-state index contributed by atoms with van der Waals surface area (Å²) in [5.74, 6) is 5.77. The largest absolute Gasteiger partial charge is 0.395 e. The molecule has 1 aromatic rings. The predicted octanol–water partition coefficient (Wildman–Crippen LogP) is 2.18. The Labute approximate surface area is 104 Å². The van der Waals surface area contributed by atoms with Gasteiger partial charge in [-0.15, -0.1) is 11.3 Å². The molecule has 1 rings (SSSR count). The van der Waals surface area contributed by atoms with Crippen molar-refractivity contribution in [1.82, 2.24) is 4.90 Å². The first-order valence-electron chi connectivity index (χ1n) is 5.26. The van der Waals surface area contributed by atoms with Gasteiger partial charge in [-0.25, -0.2) is 8.78 Å². The Hall–Kier alpha value is -0.960. The van der Waals surface area contributed by atoms with E-state index in [0.717, 1.165) is 10.4 Å². The van der Waals surface area contributed by atoms with Crippen molar-refractivity contribution in [2.45, 2.75) is 19.4 Å². The predicted molar refractivity (Wildman–Crippen MR) is 65.2 cm³/mol. The average molecular weight is 259 g/mol. The molecule has 94 valence electrons. The molecule has 0 amide bonds. The van der Waals surface area contributed by atoms with Gasteiger partial charge in [-0.1, -0.05) is 11.8 Å². The molecule has 2 nitrogen and oxygen atoms in total. The van der Waals surface area contributed by atoms with Crippen LogP contribution in [0.1, 0.15) is 16.9 Å². The third-order valence-corrected chi connectivity index (χ3v) is 2.97. The van der Waals surface area contributed by atoms with E-state index in [1.165, 1.54) is 11.3 Å². The molecule has 5 heteroatoms. The van der Waals surface area contributed by atoms with Crippen LogP contribution in [-0.4, -0.2) is 36.6 Å². The van der Waals surface area contributed by atoms with Crippen LogP contribution >= 0.6 is 11.3 Å². The van der Waals surface area contributed by atoms with Crippen LogP contribution in [0.3, 0.4) is 0 Å². The minimum Gasteiger partial charge on any atom is -0.395 e. The van der Waals surface area contributed by atoms with Crippen LogP contribution in [-0.2, 0) is 6.54 Å². The van der Waals surface area contributed by atoms with E-state index in [-0.39, 0.29) is 13.2 Å². The summed E-state index contributed by atoms with van der Waals surface area (Å²) in [7, 11) is 1.66. The highest BCUT2D eigenvalue weighted by Crippen LogP contribution is 2.18. The topological polar surface area (TPSA) is 23.5 Å². The zero-order valence-electron chi connectivity index (χ0n) is 9.62. The maximum Gasteiger partial charge on any atom is 0.251 e. The number of alkyl halides is 2. The van der Waals surface area contributed by atoms with Gasteiger partial charge in [-0.2, -0.15) is 0 Å². The molecule has 0 unspecified atom stereocenters. The van der Waals surface area contributed by atoms with Crippen molar-refractivity contribution in [3.8, 4) is 11.8 Å². The highest BCUT2D eigenvalue weighted by Gasteiger charge is 2.10. The van der Waals surface area contributed by atoms with Crippen LogP contribution in [0.2, 0.25) is 0 Å². The number of rotatable bonds is 5. The lowest BCUT2D eigenvalue weighted by Crippen LogP contribution is -2.23. The van der Waals surface area contributed by atoms with Crippen molar-refractivity contribution in [2.24, 2.45) is 0 Å². The van der Waals surface area contributed by atoms with Crippen molar-refractivity contribution < 1.29 is 13.9 Å². The first-order valence-corrected chi connectivity index (χ1v) is 6.14. The van der Waals surface area contributed by atoms with E-state index >= 15 is 0 Å². The zero-order valence-corrected chi connectivity index (χ0v) is 10.4. The van der Waals surface area contributed by atoms with Gasteiger partial charge in [-0.3, -0.25) is 4.90 Å². The molecule has 0 spiro atoms. The van der Waals surface area contributed by atoms with Gasteiger partial charge in [0.25, 0.3) is 6.43 Å². The van der Waals surface area contributed by atoms with Gasteiger partial charge in [0, 0.05) is 23.4 Å². The van der Waals surface area contributed by atoms with Gasteiger partial charge in [0.2, 0.25) is 0 Å². The lowest BCUT2D eigenvalue weighted by Gasteiger charge is -2.14. The fourth-order valence-corrected chi connectivity index (χ4v) is 2.24. The molecule has 0 aromatic carbocycles. The SMILES string of the molecule is CN(Cc1sccc1C#CCCO)CC(F)F. The summed E-state index contributed by atoms with van der Waals surface area (Å²) in [6.07, 6.45) is -1.88. The smallest absolute Gasteiger partial charge is 0.251 e. The maximum absolute atomic E-state index is 12.2.